The Morgan fingerprint density at radius 1 is 0.512 bits per heavy atom. The molecule has 0 aromatic carbocycles. The summed E-state index contributed by atoms with van der Waals surface area (Å²) >= 11 is 2.27. The van der Waals surface area contributed by atoms with Crippen LogP contribution in [0, 0.1) is 11.8 Å². The van der Waals surface area contributed by atoms with Crippen LogP contribution in [0.4, 0.5) is 0 Å². The Labute approximate surface area is 262 Å². The zero-order chi connectivity index (χ0) is 31.4. The van der Waals surface area contributed by atoms with E-state index in [-0.39, 0.29) is 9.49 Å². The van der Waals surface area contributed by atoms with Gasteiger partial charge in [-0.1, -0.05) is 54.4 Å². The van der Waals surface area contributed by atoms with Crippen molar-refractivity contribution in [2.75, 3.05) is 39.6 Å². The smallest absolute Gasteiger partial charge is 0.374 e. The van der Waals surface area contributed by atoms with E-state index in [1.807, 2.05) is 41.5 Å². The van der Waals surface area contributed by atoms with Gasteiger partial charge in [-0.05, 0) is 91.9 Å². The van der Waals surface area contributed by atoms with Gasteiger partial charge in [-0.3, -0.25) is 0 Å². The van der Waals surface area contributed by atoms with E-state index in [0.717, 1.165) is 37.8 Å². The van der Waals surface area contributed by atoms with Crippen molar-refractivity contribution < 1.29 is 26.6 Å². The van der Waals surface area contributed by atoms with Crippen LogP contribution in [0.1, 0.15) is 134 Å². The van der Waals surface area contributed by atoms with Gasteiger partial charge in [-0.25, -0.2) is 0 Å². The number of hydrogen-bond donors (Lipinski definition) is 0. The molecule has 0 heterocycles. The van der Waals surface area contributed by atoms with Crippen molar-refractivity contribution in [3.8, 4) is 0 Å². The van der Waals surface area contributed by atoms with Gasteiger partial charge in [0.1, 0.15) is 0 Å². The lowest BCUT2D eigenvalue weighted by molar-refractivity contribution is 0.0695. The molecule has 9 heteroatoms. The maximum Gasteiger partial charge on any atom is 0.500 e. The van der Waals surface area contributed by atoms with E-state index in [4.69, 9.17) is 26.6 Å². The minimum atomic E-state index is -2.60. The molecule has 0 fully saturated rings. The van der Waals surface area contributed by atoms with E-state index in [0.29, 0.717) is 51.5 Å². The molecule has 0 rings (SSSR count). The second-order valence-corrected chi connectivity index (χ2v) is 19.3. The van der Waals surface area contributed by atoms with Gasteiger partial charge in [0.05, 0.1) is 0 Å². The molecule has 0 spiro atoms. The molecule has 0 aromatic heterocycles. The molecular formula is C32H70O6SSi2. The van der Waals surface area contributed by atoms with Gasteiger partial charge in [0.15, 0.2) is 0 Å². The molecule has 0 aliphatic carbocycles. The fourth-order valence-corrected chi connectivity index (χ4v) is 13.8. The third-order valence-corrected chi connectivity index (χ3v) is 16.9. The number of hydrogen-bond acceptors (Lipinski definition) is 7. The van der Waals surface area contributed by atoms with Crippen molar-refractivity contribution in [3.05, 3.63) is 0 Å². The van der Waals surface area contributed by atoms with Crippen LogP contribution in [0.2, 0.25) is 12.1 Å². The molecule has 4 atom stereocenters. The highest BCUT2D eigenvalue weighted by Gasteiger charge is 2.44. The first-order valence-electron chi connectivity index (χ1n) is 17.0. The first-order valence-corrected chi connectivity index (χ1v) is 21.7. The Morgan fingerprint density at radius 2 is 0.780 bits per heavy atom. The highest BCUT2D eigenvalue weighted by Crippen LogP contribution is 2.52. The molecule has 0 radical (unpaired) electrons. The topological polar surface area (TPSA) is 55.4 Å². The summed E-state index contributed by atoms with van der Waals surface area (Å²) in [6.45, 7) is 30.8. The molecule has 0 aromatic rings. The van der Waals surface area contributed by atoms with Crippen LogP contribution in [-0.4, -0.2) is 66.7 Å². The van der Waals surface area contributed by atoms with Crippen LogP contribution in [0.5, 0.6) is 0 Å². The summed E-state index contributed by atoms with van der Waals surface area (Å²) in [6, 6.07) is 1.79. The fourth-order valence-electron chi connectivity index (χ4n) is 6.18. The van der Waals surface area contributed by atoms with Crippen molar-refractivity contribution in [2.45, 2.75) is 156 Å². The van der Waals surface area contributed by atoms with Gasteiger partial charge in [0.25, 0.3) is 0 Å². The Bertz CT molecular complexity index is 559. The summed E-state index contributed by atoms with van der Waals surface area (Å²) in [4.78, 5) is 0. The van der Waals surface area contributed by atoms with Gasteiger partial charge in [0.2, 0.25) is 0 Å². The third kappa shape index (κ3) is 14.5. The van der Waals surface area contributed by atoms with Gasteiger partial charge in [-0.2, -0.15) is 0 Å². The van der Waals surface area contributed by atoms with Crippen molar-refractivity contribution in [2.24, 2.45) is 11.8 Å². The summed E-state index contributed by atoms with van der Waals surface area (Å²) in [5, 5.41) is 0. The monoisotopic (exact) mass is 638 g/mol. The molecule has 0 bridgehead atoms. The van der Waals surface area contributed by atoms with E-state index in [2.05, 4.69) is 53.3 Å². The average molecular weight is 639 g/mol. The molecule has 41 heavy (non-hydrogen) atoms. The zero-order valence-electron chi connectivity index (χ0n) is 29.3. The Kier molecular flexibility index (Phi) is 22.4. The van der Waals surface area contributed by atoms with Crippen LogP contribution in [-0.2, 0) is 26.6 Å². The summed E-state index contributed by atoms with van der Waals surface area (Å²) in [7, 11) is -5.20. The second kappa shape index (κ2) is 22.1. The molecular weight excluding hydrogens is 569 g/mol. The van der Waals surface area contributed by atoms with Crippen molar-refractivity contribution in [3.63, 3.8) is 0 Å². The highest BCUT2D eigenvalue weighted by atomic mass is 32.2. The van der Waals surface area contributed by atoms with Crippen LogP contribution in [0.3, 0.4) is 0 Å². The molecule has 0 aliphatic heterocycles. The number of rotatable bonds is 28. The van der Waals surface area contributed by atoms with Crippen LogP contribution in [0.25, 0.3) is 0 Å². The van der Waals surface area contributed by atoms with E-state index in [9.17, 15) is 0 Å². The van der Waals surface area contributed by atoms with Gasteiger partial charge >= 0.3 is 17.6 Å². The lowest BCUT2D eigenvalue weighted by Gasteiger charge is -2.46. The Balaban J connectivity index is 5.61. The van der Waals surface area contributed by atoms with Crippen LogP contribution in [0.15, 0.2) is 0 Å². The van der Waals surface area contributed by atoms with Crippen molar-refractivity contribution >= 4 is 29.4 Å². The normalized spacial score (nSPS) is 17.3. The molecule has 4 unspecified atom stereocenters. The van der Waals surface area contributed by atoms with Crippen molar-refractivity contribution in [1.29, 1.82) is 0 Å². The molecule has 0 amide bonds. The summed E-state index contributed by atoms with van der Waals surface area (Å²) in [5.41, 5.74) is 0. The molecule has 0 saturated heterocycles. The van der Waals surface area contributed by atoms with Gasteiger partial charge in [0, 0.05) is 61.2 Å². The minimum Gasteiger partial charge on any atom is -0.374 e. The standard InChI is InChI=1S/C32H70O6SSi2/c1-13-25-31(11,29(9)23-21-27-40(33-15-3,34-16-4)35-17-5)39-32(12,26-14-2)30(10)24-22-28-41(36-18-6,37-19-7)38-20-8/h29-30H,13-28H2,1-12H3. The maximum absolute atomic E-state index is 6.14. The minimum absolute atomic E-state index is 0.209. The third-order valence-electron chi connectivity index (χ3n) is 8.47. The zero-order valence-corrected chi connectivity index (χ0v) is 32.1. The van der Waals surface area contributed by atoms with Crippen LogP contribution < -0.4 is 0 Å². The van der Waals surface area contributed by atoms with Crippen molar-refractivity contribution in [1.82, 2.24) is 0 Å². The SMILES string of the molecule is CCCC(C)(SC(C)(CCC)C(C)CCC[Si](OCC)(OCC)OCC)C(C)CCC[Si](OCC)(OCC)OCC. The Hall–Kier alpha value is 0.544. The lowest BCUT2D eigenvalue weighted by Crippen LogP contribution is -2.46. The quantitative estimate of drug-likeness (QED) is 0.0791. The van der Waals surface area contributed by atoms with Gasteiger partial charge < -0.3 is 26.6 Å². The van der Waals surface area contributed by atoms with Gasteiger partial charge in [-0.15, -0.1) is 11.8 Å². The number of thioether (sulfide) groups is 1. The Morgan fingerprint density at radius 3 is 1.00 bits per heavy atom. The van der Waals surface area contributed by atoms with E-state index in [1.165, 1.54) is 25.7 Å². The second-order valence-electron chi connectivity index (χ2n) is 11.8. The van der Waals surface area contributed by atoms with E-state index < -0.39 is 17.6 Å². The lowest BCUT2D eigenvalue weighted by atomic mass is 9.86. The summed E-state index contributed by atoms with van der Waals surface area (Å²) < 4.78 is 37.3. The molecule has 6 nitrogen and oxygen atoms in total. The molecule has 248 valence electrons. The fraction of sp³-hybridized carbons (Fsp3) is 1.00. The maximum atomic E-state index is 6.14. The first kappa shape index (κ1) is 41.5. The average Bonchev–Trinajstić information content (AvgIpc) is 2.89. The molecule has 0 aliphatic rings. The summed E-state index contributed by atoms with van der Waals surface area (Å²) in [5.74, 6) is 1.17. The predicted octanol–water partition coefficient (Wildman–Crippen LogP) is 9.77. The molecule has 0 saturated carbocycles. The first-order chi connectivity index (χ1) is 19.4. The van der Waals surface area contributed by atoms with E-state index >= 15 is 0 Å². The van der Waals surface area contributed by atoms with E-state index in [1.54, 1.807) is 0 Å². The predicted molar refractivity (Wildman–Crippen MR) is 182 cm³/mol. The van der Waals surface area contributed by atoms with Crippen LogP contribution >= 0.6 is 11.8 Å². The molecule has 0 N–H and O–H groups in total. The summed E-state index contributed by atoms with van der Waals surface area (Å²) in [6.07, 6.45) is 9.32. The largest absolute Gasteiger partial charge is 0.500 e. The highest BCUT2D eigenvalue weighted by molar-refractivity contribution is 8.02.